The molecule has 1 saturated carbocycles. The molecule has 1 aliphatic carbocycles. The summed E-state index contributed by atoms with van der Waals surface area (Å²) < 4.78 is 14.5. The van der Waals surface area contributed by atoms with Crippen molar-refractivity contribution in [3.63, 3.8) is 0 Å². The lowest BCUT2D eigenvalue weighted by Gasteiger charge is -2.31. The first-order chi connectivity index (χ1) is 16.4. The predicted octanol–water partition coefficient (Wildman–Crippen LogP) is 4.82. The fourth-order valence-electron chi connectivity index (χ4n) is 4.08. The second kappa shape index (κ2) is 10.9. The van der Waals surface area contributed by atoms with Crippen LogP contribution in [0.4, 0.5) is 10.1 Å². The Morgan fingerprint density at radius 1 is 1.09 bits per heavy atom. The molecule has 1 aliphatic rings. The summed E-state index contributed by atoms with van der Waals surface area (Å²) in [5.74, 6) is -1.66. The highest BCUT2D eigenvalue weighted by molar-refractivity contribution is 7.12. The Morgan fingerprint density at radius 3 is 2.47 bits per heavy atom. The standard InChI is InChI=1S/C25H26FN3O3S2/c1-16-10-11-18(14-19(16)26)29(22(30)15-27-24(31)21-9-5-13-34-21)23(20-8-4-12-33-20)25(32)28-17-6-2-3-7-17/h4-5,8-14,17,23H,2-3,6-7,15H2,1H3,(H,27,31)(H,28,32). The van der Waals surface area contributed by atoms with Gasteiger partial charge in [-0.15, -0.1) is 22.7 Å². The molecule has 1 atom stereocenters. The van der Waals surface area contributed by atoms with E-state index in [1.807, 2.05) is 11.4 Å². The van der Waals surface area contributed by atoms with Crippen LogP contribution < -0.4 is 15.5 Å². The van der Waals surface area contributed by atoms with E-state index in [0.717, 1.165) is 25.7 Å². The SMILES string of the molecule is Cc1ccc(N(C(=O)CNC(=O)c2cccs2)C(C(=O)NC2CCCC2)c2cccs2)cc1F. The van der Waals surface area contributed by atoms with Gasteiger partial charge in [0.2, 0.25) is 11.8 Å². The number of rotatable bonds is 8. The third-order valence-corrected chi connectivity index (χ3v) is 7.66. The maximum Gasteiger partial charge on any atom is 0.261 e. The predicted molar refractivity (Wildman–Crippen MR) is 133 cm³/mol. The summed E-state index contributed by atoms with van der Waals surface area (Å²) >= 11 is 2.62. The number of amides is 3. The van der Waals surface area contributed by atoms with Crippen LogP contribution in [0.1, 0.15) is 51.8 Å². The average molecular weight is 500 g/mol. The van der Waals surface area contributed by atoms with Crippen LogP contribution in [0.3, 0.4) is 0 Å². The number of thiophene rings is 2. The lowest BCUT2D eigenvalue weighted by atomic mass is 10.1. The molecule has 0 saturated heterocycles. The monoisotopic (exact) mass is 499 g/mol. The summed E-state index contributed by atoms with van der Waals surface area (Å²) in [5, 5.41) is 9.32. The Hall–Kier alpha value is -3.04. The summed E-state index contributed by atoms with van der Waals surface area (Å²) in [6.07, 6.45) is 3.89. The fraction of sp³-hybridized carbons (Fsp3) is 0.320. The molecule has 2 heterocycles. The zero-order chi connectivity index (χ0) is 24.1. The van der Waals surface area contributed by atoms with Gasteiger partial charge in [0.1, 0.15) is 11.9 Å². The normalized spacial score (nSPS) is 14.5. The maximum absolute atomic E-state index is 14.5. The van der Waals surface area contributed by atoms with E-state index in [9.17, 15) is 18.8 Å². The van der Waals surface area contributed by atoms with Gasteiger partial charge in [-0.3, -0.25) is 19.3 Å². The van der Waals surface area contributed by atoms with Gasteiger partial charge in [0.25, 0.3) is 5.91 Å². The summed E-state index contributed by atoms with van der Waals surface area (Å²) in [6, 6.07) is 10.6. The molecule has 1 unspecified atom stereocenters. The fourth-order valence-corrected chi connectivity index (χ4v) is 5.53. The quantitative estimate of drug-likeness (QED) is 0.466. The molecule has 178 valence electrons. The number of nitrogens with zero attached hydrogens (tertiary/aromatic N) is 1. The zero-order valence-electron chi connectivity index (χ0n) is 18.8. The molecule has 3 aromatic rings. The Labute approximate surface area is 205 Å². The Morgan fingerprint density at radius 2 is 1.82 bits per heavy atom. The molecule has 2 N–H and O–H groups in total. The van der Waals surface area contributed by atoms with Crippen molar-refractivity contribution in [2.45, 2.75) is 44.7 Å². The van der Waals surface area contributed by atoms with Gasteiger partial charge in [-0.2, -0.15) is 0 Å². The zero-order valence-corrected chi connectivity index (χ0v) is 20.4. The van der Waals surface area contributed by atoms with Crippen molar-refractivity contribution in [2.24, 2.45) is 0 Å². The number of nitrogens with one attached hydrogen (secondary N) is 2. The molecular weight excluding hydrogens is 473 g/mol. The van der Waals surface area contributed by atoms with E-state index in [1.54, 1.807) is 42.6 Å². The van der Waals surface area contributed by atoms with Gasteiger partial charge in [-0.1, -0.05) is 31.0 Å². The van der Waals surface area contributed by atoms with Crippen LogP contribution in [0, 0.1) is 12.7 Å². The molecule has 1 aromatic carbocycles. The van der Waals surface area contributed by atoms with Crippen LogP contribution in [-0.4, -0.2) is 30.3 Å². The minimum absolute atomic E-state index is 0.0557. The molecule has 6 nitrogen and oxygen atoms in total. The number of anilines is 1. The van der Waals surface area contributed by atoms with Gasteiger partial charge in [-0.05, 0) is 60.4 Å². The summed E-state index contributed by atoms with van der Waals surface area (Å²) in [4.78, 5) is 41.9. The minimum Gasteiger partial charge on any atom is -0.351 e. The first-order valence-corrected chi connectivity index (χ1v) is 12.9. The first kappa shape index (κ1) is 24.1. The minimum atomic E-state index is -0.978. The van der Waals surface area contributed by atoms with Gasteiger partial charge in [-0.25, -0.2) is 4.39 Å². The van der Waals surface area contributed by atoms with Crippen molar-refractivity contribution < 1.29 is 18.8 Å². The molecule has 1 fully saturated rings. The van der Waals surface area contributed by atoms with Crippen molar-refractivity contribution in [2.75, 3.05) is 11.4 Å². The smallest absolute Gasteiger partial charge is 0.261 e. The van der Waals surface area contributed by atoms with E-state index in [2.05, 4.69) is 10.6 Å². The van der Waals surface area contributed by atoms with Crippen LogP contribution in [0.5, 0.6) is 0 Å². The van der Waals surface area contributed by atoms with E-state index < -0.39 is 17.8 Å². The first-order valence-electron chi connectivity index (χ1n) is 11.2. The van der Waals surface area contributed by atoms with Crippen molar-refractivity contribution in [1.29, 1.82) is 0 Å². The van der Waals surface area contributed by atoms with Crippen molar-refractivity contribution in [3.05, 3.63) is 74.4 Å². The molecular formula is C25H26FN3O3S2. The summed E-state index contributed by atoms with van der Waals surface area (Å²) in [5.41, 5.74) is 0.698. The molecule has 34 heavy (non-hydrogen) atoms. The number of hydrogen-bond acceptors (Lipinski definition) is 5. The van der Waals surface area contributed by atoms with E-state index in [4.69, 9.17) is 0 Å². The molecule has 9 heteroatoms. The van der Waals surface area contributed by atoms with E-state index in [0.29, 0.717) is 15.3 Å². The molecule has 0 aliphatic heterocycles. The Bertz CT molecular complexity index is 1140. The number of carbonyl (C=O) groups is 3. The highest BCUT2D eigenvalue weighted by Gasteiger charge is 2.35. The number of benzene rings is 1. The largest absolute Gasteiger partial charge is 0.351 e. The van der Waals surface area contributed by atoms with E-state index >= 15 is 0 Å². The van der Waals surface area contributed by atoms with Crippen molar-refractivity contribution in [1.82, 2.24) is 10.6 Å². The van der Waals surface area contributed by atoms with Crippen LogP contribution in [0.15, 0.2) is 53.2 Å². The number of carbonyl (C=O) groups excluding carboxylic acids is 3. The molecule has 0 radical (unpaired) electrons. The third kappa shape index (κ3) is 5.53. The van der Waals surface area contributed by atoms with Crippen LogP contribution in [0.25, 0.3) is 0 Å². The molecule has 0 spiro atoms. The maximum atomic E-state index is 14.5. The summed E-state index contributed by atoms with van der Waals surface area (Å²) in [6.45, 7) is 1.31. The second-order valence-corrected chi connectivity index (χ2v) is 10.2. The Kier molecular flexibility index (Phi) is 7.74. The van der Waals surface area contributed by atoms with Crippen LogP contribution >= 0.6 is 22.7 Å². The van der Waals surface area contributed by atoms with E-state index in [1.165, 1.54) is 33.6 Å². The lowest BCUT2D eigenvalue weighted by Crippen LogP contribution is -2.49. The molecule has 0 bridgehead atoms. The van der Waals surface area contributed by atoms with Crippen molar-refractivity contribution >= 4 is 46.1 Å². The van der Waals surface area contributed by atoms with Gasteiger partial charge in [0, 0.05) is 16.6 Å². The molecule has 2 aromatic heterocycles. The molecule has 4 rings (SSSR count). The number of hydrogen-bond donors (Lipinski definition) is 2. The highest BCUT2D eigenvalue weighted by Crippen LogP contribution is 2.32. The Balaban J connectivity index is 1.66. The number of halogens is 1. The second-order valence-electron chi connectivity index (χ2n) is 8.27. The van der Waals surface area contributed by atoms with Gasteiger partial charge >= 0.3 is 0 Å². The van der Waals surface area contributed by atoms with E-state index in [-0.39, 0.29) is 30.1 Å². The number of aryl methyl sites for hydroxylation is 1. The average Bonchev–Trinajstić information content (AvgIpc) is 3.61. The van der Waals surface area contributed by atoms with Gasteiger partial charge in [0.15, 0.2) is 0 Å². The summed E-state index contributed by atoms with van der Waals surface area (Å²) in [7, 11) is 0. The topological polar surface area (TPSA) is 78.5 Å². The highest BCUT2D eigenvalue weighted by atomic mass is 32.1. The molecule has 3 amide bonds. The lowest BCUT2D eigenvalue weighted by molar-refractivity contribution is -0.126. The van der Waals surface area contributed by atoms with Crippen LogP contribution in [-0.2, 0) is 9.59 Å². The van der Waals surface area contributed by atoms with Gasteiger partial charge < -0.3 is 10.6 Å². The van der Waals surface area contributed by atoms with Crippen molar-refractivity contribution in [3.8, 4) is 0 Å². The van der Waals surface area contributed by atoms with Crippen LogP contribution in [0.2, 0.25) is 0 Å². The third-order valence-electron chi connectivity index (χ3n) is 5.87. The van der Waals surface area contributed by atoms with Gasteiger partial charge in [0.05, 0.1) is 11.4 Å².